The molecule has 492 valence electrons. The summed E-state index contributed by atoms with van der Waals surface area (Å²) in [7, 11) is 0. The highest BCUT2D eigenvalue weighted by atomic mass is 16.8. The van der Waals surface area contributed by atoms with E-state index < -0.39 is 243 Å². The number of ether oxygens (including phenoxy) is 10. The molecule has 29 nitrogen and oxygen atoms in total. The van der Waals surface area contributed by atoms with E-state index in [1.54, 1.807) is 0 Å². The van der Waals surface area contributed by atoms with Crippen molar-refractivity contribution in [3.63, 3.8) is 0 Å². The van der Waals surface area contributed by atoms with Gasteiger partial charge in [0.2, 0.25) is 6.29 Å². The van der Waals surface area contributed by atoms with Crippen molar-refractivity contribution < 1.29 is 144 Å². The van der Waals surface area contributed by atoms with Crippen LogP contribution in [0.3, 0.4) is 0 Å². The van der Waals surface area contributed by atoms with Crippen molar-refractivity contribution in [3.05, 3.63) is 11.6 Å². The predicted octanol–water partition coefficient (Wildman–Crippen LogP) is -5.29. The fraction of sp³-hybridized carbons (Fsp3) is 0.930. The Bertz CT molecular complexity index is 2470. The Morgan fingerprint density at radius 1 is 0.616 bits per heavy atom. The van der Waals surface area contributed by atoms with Crippen molar-refractivity contribution in [2.45, 2.75) is 240 Å². The van der Waals surface area contributed by atoms with Gasteiger partial charge in [-0.05, 0) is 97.7 Å². The van der Waals surface area contributed by atoms with Gasteiger partial charge >= 0.3 is 11.9 Å². The van der Waals surface area contributed by atoms with Crippen LogP contribution in [-0.2, 0) is 57.0 Å². The zero-order chi connectivity index (χ0) is 62.9. The van der Waals surface area contributed by atoms with Crippen molar-refractivity contribution in [3.8, 4) is 0 Å². The molecule has 5 aliphatic heterocycles. The van der Waals surface area contributed by atoms with E-state index in [0.29, 0.717) is 25.7 Å². The maximum atomic E-state index is 15.4. The molecule has 86 heavy (non-hydrogen) atoms. The van der Waals surface area contributed by atoms with E-state index >= 15 is 4.79 Å². The van der Waals surface area contributed by atoms with Gasteiger partial charge in [0.1, 0.15) is 102 Å². The molecule has 17 N–H and O–H groups in total. The van der Waals surface area contributed by atoms with Crippen molar-refractivity contribution in [2.24, 2.45) is 50.2 Å². The minimum absolute atomic E-state index is 0.00616. The van der Waals surface area contributed by atoms with Crippen LogP contribution in [0.25, 0.3) is 0 Å². The lowest BCUT2D eigenvalue weighted by atomic mass is 9.33. The third-order valence-corrected chi connectivity index (χ3v) is 22.6. The van der Waals surface area contributed by atoms with Crippen LogP contribution in [0, 0.1) is 50.2 Å². The predicted molar refractivity (Wildman–Crippen MR) is 282 cm³/mol. The lowest BCUT2D eigenvalue weighted by molar-refractivity contribution is -0.372. The SMILES string of the molecule is C[C@@H]1O[C@@H](O[C@H]2[C@H](OC(=O)[C@]34CCC(C)(C)C[C@H]3C3=CC[C@@H]5[C@@]6(C)C[C@H](O)[C@H](O[C@@H]7O[C@H](CO)[C@@H](O)[C@H](O)[C@H]7O)[C@](CO)(C(=O)O)[C@@H]6CC[C@@]5(C)[C@]3(C)C[C@H]4O)OC[C@H](O)[C@@H]2O)[C@H](O)[C@H](O)[C@H]1O[C@@H]1OC[C@@H](O)[C@H](O[C@@H]2OC[C@](O)(CO)[C@H]2O)[C@H]1O. The highest BCUT2D eigenvalue weighted by molar-refractivity contribution is 5.80. The molecule has 0 amide bonds. The molecule has 0 unspecified atom stereocenters. The lowest BCUT2D eigenvalue weighted by Crippen LogP contribution is -2.72. The zero-order valence-electron chi connectivity index (χ0n) is 49.0. The van der Waals surface area contributed by atoms with E-state index in [2.05, 4.69) is 20.8 Å². The quantitative estimate of drug-likeness (QED) is 0.0439. The van der Waals surface area contributed by atoms with Crippen LogP contribution in [-0.4, -0.2) is 285 Å². The highest BCUT2D eigenvalue weighted by Gasteiger charge is 2.75. The van der Waals surface area contributed by atoms with Crippen LogP contribution in [0.15, 0.2) is 11.6 Å². The molecule has 5 saturated heterocycles. The van der Waals surface area contributed by atoms with Gasteiger partial charge in [0, 0.05) is 0 Å². The number of esters is 1. The summed E-state index contributed by atoms with van der Waals surface area (Å²) in [4.78, 5) is 29.3. The molecule has 10 aliphatic rings. The fourth-order valence-electron chi connectivity index (χ4n) is 17.4. The number of rotatable bonds is 14. The average molecular weight is 1240 g/mol. The molecule has 0 aromatic heterocycles. The molecule has 5 heterocycles. The van der Waals surface area contributed by atoms with Crippen molar-refractivity contribution in [1.82, 2.24) is 0 Å². The Kier molecular flexibility index (Phi) is 18.6. The molecule has 5 aliphatic carbocycles. The molecular formula is C57H90O29. The first-order valence-electron chi connectivity index (χ1n) is 29.9. The van der Waals surface area contributed by atoms with Crippen molar-refractivity contribution >= 4 is 11.9 Å². The van der Waals surface area contributed by atoms with Gasteiger partial charge in [-0.2, -0.15) is 0 Å². The summed E-state index contributed by atoms with van der Waals surface area (Å²) in [5.41, 5.74) is -8.17. The third kappa shape index (κ3) is 10.4. The molecule has 9 fully saturated rings. The number of carbonyl (C=O) groups is 2. The number of aliphatic hydroxyl groups excluding tert-OH is 15. The molecule has 0 radical (unpaired) electrons. The van der Waals surface area contributed by atoms with E-state index in [1.165, 1.54) is 6.92 Å². The maximum absolute atomic E-state index is 15.4. The van der Waals surface area contributed by atoms with E-state index in [4.69, 9.17) is 47.4 Å². The van der Waals surface area contributed by atoms with Crippen LogP contribution in [0.2, 0.25) is 0 Å². The number of aliphatic hydroxyl groups is 16. The van der Waals surface area contributed by atoms with Crippen LogP contribution in [0.1, 0.15) is 92.9 Å². The molecule has 0 aromatic rings. The molecule has 29 heteroatoms. The fourth-order valence-corrected chi connectivity index (χ4v) is 17.4. The summed E-state index contributed by atoms with van der Waals surface area (Å²) in [6.45, 7) is 7.22. The van der Waals surface area contributed by atoms with Gasteiger partial charge in [0.05, 0.1) is 58.0 Å². The van der Waals surface area contributed by atoms with Gasteiger partial charge in [0.15, 0.2) is 31.3 Å². The van der Waals surface area contributed by atoms with Crippen molar-refractivity contribution in [2.75, 3.05) is 39.6 Å². The Balaban J connectivity index is 0.872. The van der Waals surface area contributed by atoms with Crippen LogP contribution in [0.5, 0.6) is 0 Å². The average Bonchev–Trinajstić information content (AvgIpc) is 0.892. The van der Waals surface area contributed by atoms with Crippen LogP contribution >= 0.6 is 0 Å². The number of hydrogen-bond acceptors (Lipinski definition) is 28. The summed E-state index contributed by atoms with van der Waals surface area (Å²) in [5, 5.41) is 187. The van der Waals surface area contributed by atoms with Gasteiger partial charge in [-0.25, -0.2) is 0 Å². The largest absolute Gasteiger partial charge is 0.481 e. The van der Waals surface area contributed by atoms with Crippen LogP contribution in [0.4, 0.5) is 0 Å². The van der Waals surface area contributed by atoms with Crippen LogP contribution < -0.4 is 0 Å². The molecule has 0 aromatic carbocycles. The number of aliphatic carboxylic acids is 1. The molecule has 32 atom stereocenters. The second kappa shape index (κ2) is 24.0. The number of fused-ring (bicyclic) bond motifs is 7. The molecule has 0 bridgehead atoms. The Hall–Kier alpha value is -2.32. The van der Waals surface area contributed by atoms with Gasteiger partial charge < -0.3 is 134 Å². The molecule has 10 rings (SSSR count). The summed E-state index contributed by atoms with van der Waals surface area (Å²) < 4.78 is 58.2. The normalized spacial score (nSPS) is 54.6. The topological polar surface area (TPSA) is 470 Å². The minimum atomic E-state index is -2.21. The lowest BCUT2D eigenvalue weighted by Gasteiger charge is -2.72. The molecular weight excluding hydrogens is 1150 g/mol. The third-order valence-electron chi connectivity index (χ3n) is 22.6. The number of allylic oxidation sites excluding steroid dienone is 2. The number of carboxylic acids is 1. The second-order valence-electron chi connectivity index (χ2n) is 27.8. The number of carboxylic acid groups (broad SMARTS) is 1. The first kappa shape index (κ1) is 66.6. The van der Waals surface area contributed by atoms with Crippen molar-refractivity contribution in [1.29, 1.82) is 0 Å². The van der Waals surface area contributed by atoms with Gasteiger partial charge in [-0.3, -0.25) is 9.59 Å². The van der Waals surface area contributed by atoms with E-state index in [1.807, 2.05) is 19.9 Å². The number of carbonyl (C=O) groups excluding carboxylic acids is 1. The standard InChI is InChI=1S/C57H90O29/c1-22-39(82-44-38(71)40(27(63)18-77-44)83-48-42(72)55(76,19-59)21-79-48)35(68)37(70)45(80-22)84-41-32(65)26(62)17-78-47(41)86-50(75)56-12-11-51(2,3)13-24(56)23-7-8-29-52(4)14-25(61)43(85-46-36(69)34(67)33(66)28(16-58)81-46)57(20-60,49(73)74)30(52)9-10-53(29,5)54(23,6)15-31(56)64/h7,22,24-48,58-72,76H,8-21H2,1-6H3,(H,73,74)/t22-,24-,25-,26-,27+,28+,29+,30+,31+,32-,33+,34-,35-,36+,37+,38+,39-,40-,41+,42-,43-,44-,45-,46-,47-,48-,52+,53+,54+,55+,56+,57+/m0/s1. The Morgan fingerprint density at radius 3 is 1.91 bits per heavy atom. The van der Waals surface area contributed by atoms with Gasteiger partial charge in [-0.15, -0.1) is 0 Å². The monoisotopic (exact) mass is 1240 g/mol. The van der Waals surface area contributed by atoms with E-state index in [0.717, 1.165) is 5.57 Å². The maximum Gasteiger partial charge on any atom is 0.317 e. The zero-order valence-corrected chi connectivity index (χ0v) is 49.0. The highest BCUT2D eigenvalue weighted by Crippen LogP contribution is 2.76. The second-order valence-corrected chi connectivity index (χ2v) is 27.8. The summed E-state index contributed by atoms with van der Waals surface area (Å²) >= 11 is 0. The Morgan fingerprint density at radius 2 is 1.26 bits per heavy atom. The first-order chi connectivity index (χ1) is 40.2. The smallest absolute Gasteiger partial charge is 0.317 e. The summed E-state index contributed by atoms with van der Waals surface area (Å²) in [5.74, 6) is -4.37. The molecule has 4 saturated carbocycles. The van der Waals surface area contributed by atoms with E-state index in [9.17, 15) is 91.6 Å². The summed E-state index contributed by atoms with van der Waals surface area (Å²) in [6.07, 6.45) is -35.2. The Labute approximate surface area is 495 Å². The minimum Gasteiger partial charge on any atom is -0.481 e. The number of hydrogen-bond donors (Lipinski definition) is 17. The van der Waals surface area contributed by atoms with Gasteiger partial charge in [0.25, 0.3) is 0 Å². The molecule has 0 spiro atoms. The van der Waals surface area contributed by atoms with E-state index in [-0.39, 0.29) is 31.1 Å². The summed E-state index contributed by atoms with van der Waals surface area (Å²) in [6, 6.07) is 0. The first-order valence-corrected chi connectivity index (χ1v) is 29.9. The van der Waals surface area contributed by atoms with Gasteiger partial charge in [-0.1, -0.05) is 46.3 Å².